The van der Waals surface area contributed by atoms with Crippen molar-refractivity contribution in [2.75, 3.05) is 5.32 Å². The molecule has 6 heteroatoms. The minimum atomic E-state index is -1.02. The highest BCUT2D eigenvalue weighted by Gasteiger charge is 2.06. The number of anilines is 1. The predicted molar refractivity (Wildman–Crippen MR) is 77.6 cm³/mol. The summed E-state index contributed by atoms with van der Waals surface area (Å²) >= 11 is 1.22. The lowest BCUT2D eigenvalue weighted by Gasteiger charge is -2.01. The minimum Gasteiger partial charge on any atom is -0.478 e. The number of amides is 1. The number of carboxylic acid groups (broad SMARTS) is 1. The number of aliphatic carboxylic acids is 1. The van der Waals surface area contributed by atoms with Gasteiger partial charge in [0.2, 0.25) is 5.91 Å². The van der Waals surface area contributed by atoms with E-state index in [1.54, 1.807) is 0 Å². The second-order valence-corrected chi connectivity index (χ2v) is 5.01. The van der Waals surface area contributed by atoms with Gasteiger partial charge < -0.3 is 10.4 Å². The number of rotatable bonds is 5. The molecule has 1 heterocycles. The summed E-state index contributed by atoms with van der Waals surface area (Å²) in [6, 6.07) is 9.40. The molecule has 0 radical (unpaired) electrons. The molecule has 0 unspecified atom stereocenters. The number of hydrogen-bond acceptors (Lipinski definition) is 4. The molecular weight excluding hydrogens is 276 g/mol. The van der Waals surface area contributed by atoms with Crippen LogP contribution in [-0.2, 0) is 16.0 Å². The van der Waals surface area contributed by atoms with Crippen LogP contribution in [0.2, 0.25) is 0 Å². The smallest absolute Gasteiger partial charge is 0.328 e. The Morgan fingerprint density at radius 2 is 2.05 bits per heavy atom. The summed E-state index contributed by atoms with van der Waals surface area (Å²) in [5.41, 5.74) is 0.924. The molecule has 102 valence electrons. The summed E-state index contributed by atoms with van der Waals surface area (Å²) in [7, 11) is 0. The van der Waals surface area contributed by atoms with E-state index < -0.39 is 5.97 Å². The molecule has 0 aliphatic rings. The van der Waals surface area contributed by atoms with E-state index in [1.807, 2.05) is 30.3 Å². The minimum absolute atomic E-state index is 0.153. The molecule has 5 nitrogen and oxygen atoms in total. The Hall–Kier alpha value is -2.47. The van der Waals surface area contributed by atoms with Crippen molar-refractivity contribution in [2.24, 2.45) is 0 Å². The number of carbonyl (C=O) groups is 2. The quantitative estimate of drug-likeness (QED) is 0.828. The van der Waals surface area contributed by atoms with Gasteiger partial charge in [-0.3, -0.25) is 4.79 Å². The molecular formula is C14H12N2O3S. The fraction of sp³-hybridized carbons (Fsp3) is 0.0714. The van der Waals surface area contributed by atoms with E-state index >= 15 is 0 Å². The van der Waals surface area contributed by atoms with Crippen LogP contribution in [0.1, 0.15) is 10.4 Å². The van der Waals surface area contributed by atoms with Crippen LogP contribution in [-0.4, -0.2) is 22.0 Å². The van der Waals surface area contributed by atoms with Gasteiger partial charge in [-0.05, 0) is 11.6 Å². The summed E-state index contributed by atoms with van der Waals surface area (Å²) in [5.74, 6) is -1.17. The average Bonchev–Trinajstić information content (AvgIpc) is 2.85. The van der Waals surface area contributed by atoms with Gasteiger partial charge in [0.05, 0.1) is 6.42 Å². The first-order valence-electron chi connectivity index (χ1n) is 5.84. The van der Waals surface area contributed by atoms with Gasteiger partial charge >= 0.3 is 5.97 Å². The van der Waals surface area contributed by atoms with Crippen LogP contribution in [0.25, 0.3) is 6.08 Å². The lowest BCUT2D eigenvalue weighted by Crippen LogP contribution is -2.13. The number of benzene rings is 1. The van der Waals surface area contributed by atoms with Crippen LogP contribution in [0.4, 0.5) is 5.13 Å². The third-order valence-corrected chi connectivity index (χ3v) is 3.25. The lowest BCUT2D eigenvalue weighted by molar-refractivity contribution is -0.131. The Morgan fingerprint density at radius 3 is 2.75 bits per heavy atom. The zero-order valence-corrected chi connectivity index (χ0v) is 11.3. The van der Waals surface area contributed by atoms with Crippen molar-refractivity contribution in [3.8, 4) is 0 Å². The van der Waals surface area contributed by atoms with Crippen molar-refractivity contribution in [3.05, 3.63) is 53.0 Å². The fourth-order valence-electron chi connectivity index (χ4n) is 1.52. The second kappa shape index (κ2) is 6.63. The molecule has 2 aromatic rings. The molecule has 2 rings (SSSR count). The topological polar surface area (TPSA) is 79.3 Å². The number of thiazole rings is 1. The maximum Gasteiger partial charge on any atom is 0.328 e. The van der Waals surface area contributed by atoms with Crippen LogP contribution in [0.5, 0.6) is 0 Å². The Labute approximate surface area is 119 Å². The molecule has 0 aliphatic carbocycles. The third-order valence-electron chi connectivity index (χ3n) is 2.37. The Bertz CT molecular complexity index is 635. The molecule has 1 aromatic heterocycles. The van der Waals surface area contributed by atoms with Crippen LogP contribution >= 0.6 is 11.3 Å². The number of nitrogens with one attached hydrogen (secondary N) is 1. The SMILES string of the molecule is O=C(O)C=Cc1cnc(NC(=O)Cc2ccccc2)s1. The summed E-state index contributed by atoms with van der Waals surface area (Å²) in [4.78, 5) is 26.9. The molecule has 20 heavy (non-hydrogen) atoms. The highest BCUT2D eigenvalue weighted by molar-refractivity contribution is 7.16. The van der Waals surface area contributed by atoms with E-state index in [-0.39, 0.29) is 12.3 Å². The van der Waals surface area contributed by atoms with Crippen molar-refractivity contribution in [2.45, 2.75) is 6.42 Å². The molecule has 0 saturated carbocycles. The Balaban J connectivity index is 1.93. The number of nitrogens with zero attached hydrogens (tertiary/aromatic N) is 1. The zero-order chi connectivity index (χ0) is 14.4. The summed E-state index contributed by atoms with van der Waals surface area (Å²) < 4.78 is 0. The van der Waals surface area contributed by atoms with Gasteiger partial charge in [-0.15, -0.1) is 0 Å². The predicted octanol–water partition coefficient (Wildman–Crippen LogP) is 2.42. The standard InChI is InChI=1S/C14H12N2O3S/c17-12(8-10-4-2-1-3-5-10)16-14-15-9-11(20-14)6-7-13(18)19/h1-7,9H,8H2,(H,18,19)(H,15,16,17). The zero-order valence-electron chi connectivity index (χ0n) is 10.4. The number of aromatic nitrogens is 1. The molecule has 0 bridgehead atoms. The normalized spacial score (nSPS) is 10.6. The summed E-state index contributed by atoms with van der Waals surface area (Å²) in [6.45, 7) is 0. The van der Waals surface area contributed by atoms with E-state index in [0.717, 1.165) is 11.6 Å². The Kier molecular flexibility index (Phi) is 4.62. The maximum atomic E-state index is 11.8. The van der Waals surface area contributed by atoms with Gasteiger partial charge in [-0.25, -0.2) is 9.78 Å². The Morgan fingerprint density at radius 1 is 1.30 bits per heavy atom. The maximum absolute atomic E-state index is 11.8. The van der Waals surface area contributed by atoms with E-state index in [2.05, 4.69) is 10.3 Å². The van der Waals surface area contributed by atoms with Crippen LogP contribution in [0.15, 0.2) is 42.6 Å². The molecule has 0 atom stereocenters. The van der Waals surface area contributed by atoms with Crippen molar-refractivity contribution in [1.82, 2.24) is 4.98 Å². The van der Waals surface area contributed by atoms with Gasteiger partial charge in [0.15, 0.2) is 5.13 Å². The van der Waals surface area contributed by atoms with Crippen molar-refractivity contribution in [3.63, 3.8) is 0 Å². The molecule has 1 amide bonds. The fourth-order valence-corrected chi connectivity index (χ4v) is 2.25. The average molecular weight is 288 g/mol. The molecule has 0 aliphatic heterocycles. The first kappa shape index (κ1) is 14.0. The lowest BCUT2D eigenvalue weighted by atomic mass is 10.1. The molecule has 0 fully saturated rings. The van der Waals surface area contributed by atoms with Gasteiger partial charge in [0.1, 0.15) is 0 Å². The summed E-state index contributed by atoms with van der Waals surface area (Å²) in [5, 5.41) is 11.7. The number of carbonyl (C=O) groups excluding carboxylic acids is 1. The monoisotopic (exact) mass is 288 g/mol. The van der Waals surface area contributed by atoms with Gasteiger partial charge in [0, 0.05) is 17.2 Å². The van der Waals surface area contributed by atoms with Gasteiger partial charge in [-0.1, -0.05) is 41.7 Å². The van der Waals surface area contributed by atoms with Gasteiger partial charge in [-0.2, -0.15) is 0 Å². The first-order chi connectivity index (χ1) is 9.63. The van der Waals surface area contributed by atoms with Crippen molar-refractivity contribution >= 4 is 34.4 Å². The van der Waals surface area contributed by atoms with E-state index in [4.69, 9.17) is 5.11 Å². The number of hydrogen-bond donors (Lipinski definition) is 2. The largest absolute Gasteiger partial charge is 0.478 e. The van der Waals surface area contributed by atoms with Crippen LogP contribution in [0, 0.1) is 0 Å². The first-order valence-corrected chi connectivity index (χ1v) is 6.66. The third kappa shape index (κ3) is 4.33. The molecule has 0 saturated heterocycles. The van der Waals surface area contributed by atoms with Crippen molar-refractivity contribution < 1.29 is 14.7 Å². The second-order valence-electron chi connectivity index (χ2n) is 3.95. The van der Waals surface area contributed by atoms with Crippen LogP contribution in [0.3, 0.4) is 0 Å². The number of carboxylic acids is 1. The van der Waals surface area contributed by atoms with E-state index in [0.29, 0.717) is 10.0 Å². The van der Waals surface area contributed by atoms with Crippen molar-refractivity contribution in [1.29, 1.82) is 0 Å². The van der Waals surface area contributed by atoms with Gasteiger partial charge in [0.25, 0.3) is 0 Å². The summed E-state index contributed by atoms with van der Waals surface area (Å²) in [6.07, 6.45) is 4.26. The van der Waals surface area contributed by atoms with E-state index in [9.17, 15) is 9.59 Å². The highest BCUT2D eigenvalue weighted by atomic mass is 32.1. The van der Waals surface area contributed by atoms with E-state index in [1.165, 1.54) is 23.6 Å². The molecule has 1 aromatic carbocycles. The molecule has 2 N–H and O–H groups in total. The van der Waals surface area contributed by atoms with Crippen LogP contribution < -0.4 is 5.32 Å². The highest BCUT2D eigenvalue weighted by Crippen LogP contribution is 2.19. The molecule has 0 spiro atoms.